The normalized spacial score (nSPS) is 14.4. The van der Waals surface area contributed by atoms with Crippen LogP contribution in [0.1, 0.15) is 30.4 Å². The lowest BCUT2D eigenvalue weighted by molar-refractivity contribution is -0.155. The molecule has 0 amide bonds. The summed E-state index contributed by atoms with van der Waals surface area (Å²) in [4.78, 5) is 29.4. The van der Waals surface area contributed by atoms with Crippen molar-refractivity contribution in [3.05, 3.63) is 64.1 Å². The smallest absolute Gasteiger partial charge is 0.309 e. The van der Waals surface area contributed by atoms with Gasteiger partial charge in [0.1, 0.15) is 12.4 Å². The first-order valence-electron chi connectivity index (χ1n) is 9.30. The molecule has 0 bridgehead atoms. The first-order valence-corrected chi connectivity index (χ1v) is 10.1. The van der Waals surface area contributed by atoms with Gasteiger partial charge in [0, 0.05) is 16.5 Å². The molecule has 0 saturated carbocycles. The lowest BCUT2D eigenvalue weighted by atomic mass is 9.88. The molecule has 0 radical (unpaired) electrons. The molecule has 2 aromatic carbocycles. The van der Waals surface area contributed by atoms with Gasteiger partial charge in [-0.3, -0.25) is 9.59 Å². The summed E-state index contributed by atoms with van der Waals surface area (Å²) in [5.41, 5.74) is 1.27. The van der Waals surface area contributed by atoms with E-state index in [1.54, 1.807) is 0 Å². The summed E-state index contributed by atoms with van der Waals surface area (Å²) in [7, 11) is 2.57. The number of halogens is 1. The number of benzene rings is 2. The molecule has 0 spiro atoms. The molecule has 7 nitrogen and oxygen atoms in total. The van der Waals surface area contributed by atoms with Crippen LogP contribution in [0, 0.1) is 0 Å². The Hall–Kier alpha value is -2.87. The van der Waals surface area contributed by atoms with E-state index in [2.05, 4.69) is 21.1 Å². The summed E-state index contributed by atoms with van der Waals surface area (Å²) in [6, 6.07) is 15.4. The van der Waals surface area contributed by atoms with E-state index in [4.69, 9.17) is 19.0 Å². The molecule has 30 heavy (non-hydrogen) atoms. The van der Waals surface area contributed by atoms with Crippen molar-refractivity contribution in [3.8, 4) is 5.75 Å². The van der Waals surface area contributed by atoms with Crippen LogP contribution in [0.4, 0.5) is 0 Å². The van der Waals surface area contributed by atoms with Crippen molar-refractivity contribution >= 4 is 33.6 Å². The third kappa shape index (κ3) is 5.38. The van der Waals surface area contributed by atoms with Crippen LogP contribution in [0.2, 0.25) is 0 Å². The standard InChI is InChI=1S/C22H22BrNO6/c1-27-20(25)12-22(13-21(26)28-2)11-19(24-30-22)17-10-16(8-9-18(17)23)29-14-15-6-4-3-5-7-15/h3-10H,11-14H2,1-2H3. The lowest BCUT2D eigenvalue weighted by Gasteiger charge is -2.24. The van der Waals surface area contributed by atoms with Crippen molar-refractivity contribution in [3.63, 3.8) is 0 Å². The van der Waals surface area contributed by atoms with Gasteiger partial charge < -0.3 is 19.0 Å². The van der Waals surface area contributed by atoms with Gasteiger partial charge in [0.25, 0.3) is 0 Å². The summed E-state index contributed by atoms with van der Waals surface area (Å²) < 4.78 is 16.2. The molecule has 0 unspecified atom stereocenters. The maximum atomic E-state index is 11.9. The average Bonchev–Trinajstić information content (AvgIpc) is 3.16. The van der Waals surface area contributed by atoms with Crippen molar-refractivity contribution in [1.29, 1.82) is 0 Å². The topological polar surface area (TPSA) is 83.4 Å². The molecule has 8 heteroatoms. The molecule has 0 aromatic heterocycles. The molecule has 2 aromatic rings. The molecule has 1 heterocycles. The minimum Gasteiger partial charge on any atom is -0.489 e. The molecule has 158 valence electrons. The Morgan fingerprint density at radius 2 is 1.73 bits per heavy atom. The molecule has 0 fully saturated rings. The molecule has 3 rings (SSSR count). The van der Waals surface area contributed by atoms with Gasteiger partial charge in [-0.2, -0.15) is 0 Å². The number of methoxy groups -OCH3 is 2. The number of oxime groups is 1. The Bertz CT molecular complexity index is 926. The zero-order chi connectivity index (χ0) is 21.6. The number of esters is 2. The SMILES string of the molecule is COC(=O)CC1(CC(=O)OC)CC(c2cc(OCc3ccccc3)ccc2Br)=NO1. The maximum absolute atomic E-state index is 11.9. The van der Waals surface area contributed by atoms with Crippen LogP contribution in [0.15, 0.2) is 58.2 Å². The third-order valence-corrected chi connectivity index (χ3v) is 5.42. The van der Waals surface area contributed by atoms with Crippen molar-refractivity contribution < 1.29 is 28.6 Å². The van der Waals surface area contributed by atoms with E-state index >= 15 is 0 Å². The second-order valence-electron chi connectivity index (χ2n) is 6.91. The summed E-state index contributed by atoms with van der Waals surface area (Å²) in [6.45, 7) is 0.430. The summed E-state index contributed by atoms with van der Waals surface area (Å²) >= 11 is 3.53. The van der Waals surface area contributed by atoms with Gasteiger partial charge in [0.05, 0.1) is 32.8 Å². The zero-order valence-electron chi connectivity index (χ0n) is 16.7. The van der Waals surface area contributed by atoms with Gasteiger partial charge in [-0.05, 0) is 23.8 Å². The number of nitrogens with zero attached hydrogens (tertiary/aromatic N) is 1. The van der Waals surface area contributed by atoms with Gasteiger partial charge in [0.15, 0.2) is 5.60 Å². The molecular weight excluding hydrogens is 454 g/mol. The summed E-state index contributed by atoms with van der Waals surface area (Å²) in [5.74, 6) is -0.318. The number of ether oxygens (including phenoxy) is 3. The number of carbonyl (C=O) groups is 2. The van der Waals surface area contributed by atoms with E-state index in [-0.39, 0.29) is 19.3 Å². The first kappa shape index (κ1) is 21.8. The first-order chi connectivity index (χ1) is 14.4. The van der Waals surface area contributed by atoms with E-state index in [1.807, 2.05) is 48.5 Å². The van der Waals surface area contributed by atoms with E-state index in [0.29, 0.717) is 18.1 Å². The second kappa shape index (κ2) is 9.75. The number of carbonyl (C=O) groups excluding carboxylic acids is 2. The molecule has 0 atom stereocenters. The number of hydrogen-bond donors (Lipinski definition) is 0. The Morgan fingerprint density at radius 1 is 1.07 bits per heavy atom. The van der Waals surface area contributed by atoms with E-state index < -0.39 is 17.5 Å². The highest BCUT2D eigenvalue weighted by atomic mass is 79.9. The van der Waals surface area contributed by atoms with Crippen LogP contribution in [-0.4, -0.2) is 37.5 Å². The predicted molar refractivity (Wildman–Crippen MR) is 113 cm³/mol. The highest BCUT2D eigenvalue weighted by molar-refractivity contribution is 9.10. The van der Waals surface area contributed by atoms with Crippen molar-refractivity contribution in [2.75, 3.05) is 14.2 Å². The fourth-order valence-corrected chi connectivity index (χ4v) is 3.62. The van der Waals surface area contributed by atoms with E-state index in [0.717, 1.165) is 15.6 Å². The Labute approximate surface area is 183 Å². The van der Waals surface area contributed by atoms with E-state index in [1.165, 1.54) is 14.2 Å². The fourth-order valence-electron chi connectivity index (χ4n) is 3.14. The van der Waals surface area contributed by atoms with Crippen LogP contribution in [0.3, 0.4) is 0 Å². The Balaban J connectivity index is 1.77. The molecule has 1 aliphatic rings. The Morgan fingerprint density at radius 3 is 2.37 bits per heavy atom. The summed E-state index contributed by atoms with van der Waals surface area (Å²) in [5, 5.41) is 4.17. The van der Waals surface area contributed by atoms with Gasteiger partial charge >= 0.3 is 11.9 Å². The predicted octanol–water partition coefficient (Wildman–Crippen LogP) is 4.02. The van der Waals surface area contributed by atoms with Crippen molar-refractivity contribution in [1.82, 2.24) is 0 Å². The average molecular weight is 476 g/mol. The zero-order valence-corrected chi connectivity index (χ0v) is 18.3. The van der Waals surface area contributed by atoms with Crippen LogP contribution >= 0.6 is 15.9 Å². The molecular formula is C22H22BrNO6. The molecule has 0 N–H and O–H groups in total. The second-order valence-corrected chi connectivity index (χ2v) is 7.77. The molecule has 0 aliphatic carbocycles. The molecule has 1 aliphatic heterocycles. The van der Waals surface area contributed by atoms with Crippen LogP contribution < -0.4 is 4.74 Å². The van der Waals surface area contributed by atoms with Gasteiger partial charge in [0.2, 0.25) is 0 Å². The van der Waals surface area contributed by atoms with Crippen LogP contribution in [0.5, 0.6) is 5.75 Å². The van der Waals surface area contributed by atoms with Gasteiger partial charge in [-0.1, -0.05) is 51.4 Å². The van der Waals surface area contributed by atoms with Crippen molar-refractivity contribution in [2.45, 2.75) is 31.5 Å². The Kier molecular flexibility index (Phi) is 7.10. The highest BCUT2D eigenvalue weighted by Gasteiger charge is 2.44. The largest absolute Gasteiger partial charge is 0.489 e. The third-order valence-electron chi connectivity index (χ3n) is 4.72. The van der Waals surface area contributed by atoms with Crippen molar-refractivity contribution in [2.24, 2.45) is 5.16 Å². The minimum absolute atomic E-state index is 0.118. The minimum atomic E-state index is -1.14. The van der Waals surface area contributed by atoms with E-state index in [9.17, 15) is 9.59 Å². The maximum Gasteiger partial charge on any atom is 0.309 e. The summed E-state index contributed by atoms with van der Waals surface area (Å²) in [6.07, 6.45) is 0.0127. The van der Waals surface area contributed by atoms with Crippen LogP contribution in [-0.2, 0) is 30.5 Å². The fraction of sp³-hybridized carbons (Fsp3) is 0.318. The quantitative estimate of drug-likeness (QED) is 0.536. The number of hydrogen-bond acceptors (Lipinski definition) is 7. The monoisotopic (exact) mass is 475 g/mol. The highest BCUT2D eigenvalue weighted by Crippen LogP contribution is 2.36. The number of rotatable bonds is 8. The van der Waals surface area contributed by atoms with Gasteiger partial charge in [-0.25, -0.2) is 0 Å². The van der Waals surface area contributed by atoms with Gasteiger partial charge in [-0.15, -0.1) is 0 Å². The van der Waals surface area contributed by atoms with Crippen LogP contribution in [0.25, 0.3) is 0 Å². The lowest BCUT2D eigenvalue weighted by Crippen LogP contribution is -2.36. The molecule has 0 saturated heterocycles.